The van der Waals surface area contributed by atoms with Crippen LogP contribution in [0.3, 0.4) is 0 Å². The standard InChI is InChI=1S/C8H10O8/c9-3-1-14-5-4(3)15-2-8(5,6(10)11)16-7(12)13/h3-5,9H,1-2H2,(H,10,11)(H,12,13)/t3-,4-,5+,8+/m1/s1. The van der Waals surface area contributed by atoms with E-state index in [1.54, 1.807) is 0 Å². The molecule has 0 bridgehead atoms. The van der Waals surface area contributed by atoms with Gasteiger partial charge in [-0.2, -0.15) is 0 Å². The minimum absolute atomic E-state index is 0.104. The molecule has 0 unspecified atom stereocenters. The molecule has 0 radical (unpaired) electrons. The van der Waals surface area contributed by atoms with E-state index in [2.05, 4.69) is 4.74 Å². The first-order valence-electron chi connectivity index (χ1n) is 4.54. The van der Waals surface area contributed by atoms with Crippen molar-refractivity contribution in [2.45, 2.75) is 23.9 Å². The summed E-state index contributed by atoms with van der Waals surface area (Å²) in [7, 11) is 0. The van der Waals surface area contributed by atoms with Crippen LogP contribution in [0.25, 0.3) is 0 Å². The Bertz CT molecular complexity index is 328. The largest absolute Gasteiger partial charge is 0.507 e. The summed E-state index contributed by atoms with van der Waals surface area (Å²) >= 11 is 0. The summed E-state index contributed by atoms with van der Waals surface area (Å²) in [5, 5.41) is 26.9. The third kappa shape index (κ3) is 1.42. The summed E-state index contributed by atoms with van der Waals surface area (Å²) in [4.78, 5) is 21.6. The fraction of sp³-hybridized carbons (Fsp3) is 0.750. The molecule has 0 aliphatic carbocycles. The normalized spacial score (nSPS) is 41.7. The maximum absolute atomic E-state index is 11.1. The third-order valence-corrected chi connectivity index (χ3v) is 2.71. The quantitative estimate of drug-likeness (QED) is 0.502. The highest BCUT2D eigenvalue weighted by Gasteiger charge is 2.64. The summed E-state index contributed by atoms with van der Waals surface area (Å²) < 4.78 is 14.4. The van der Waals surface area contributed by atoms with Gasteiger partial charge in [-0.05, 0) is 0 Å². The molecule has 0 aromatic rings. The number of hydrogen-bond donors (Lipinski definition) is 3. The number of fused-ring (bicyclic) bond motifs is 1. The smallest absolute Gasteiger partial charge is 0.478 e. The van der Waals surface area contributed by atoms with Crippen molar-refractivity contribution in [2.75, 3.05) is 13.2 Å². The number of rotatable bonds is 2. The highest BCUT2D eigenvalue weighted by molar-refractivity contribution is 5.82. The maximum Gasteiger partial charge on any atom is 0.507 e. The molecule has 2 heterocycles. The van der Waals surface area contributed by atoms with Crippen LogP contribution < -0.4 is 0 Å². The van der Waals surface area contributed by atoms with Gasteiger partial charge in [0, 0.05) is 0 Å². The van der Waals surface area contributed by atoms with E-state index >= 15 is 0 Å². The highest BCUT2D eigenvalue weighted by Crippen LogP contribution is 2.37. The predicted octanol–water partition coefficient (Wildman–Crippen LogP) is -1.34. The Kier molecular flexibility index (Phi) is 2.49. The van der Waals surface area contributed by atoms with Crippen LogP contribution in [-0.2, 0) is 19.0 Å². The summed E-state index contributed by atoms with van der Waals surface area (Å²) in [6, 6.07) is 0. The van der Waals surface area contributed by atoms with E-state index in [0.29, 0.717) is 0 Å². The first-order chi connectivity index (χ1) is 7.47. The van der Waals surface area contributed by atoms with Crippen LogP contribution in [0, 0.1) is 0 Å². The topological polar surface area (TPSA) is 123 Å². The SMILES string of the molecule is O=C(O)O[C@@]1(C(=O)O)CO[C@@H]2[C@H](O)CO[C@@H]21. The van der Waals surface area contributed by atoms with Gasteiger partial charge >= 0.3 is 12.1 Å². The molecular formula is C8H10O8. The van der Waals surface area contributed by atoms with Crippen molar-refractivity contribution in [3.63, 3.8) is 0 Å². The minimum Gasteiger partial charge on any atom is -0.478 e. The van der Waals surface area contributed by atoms with Crippen LogP contribution >= 0.6 is 0 Å². The number of aliphatic hydroxyl groups excluding tert-OH is 1. The Morgan fingerprint density at radius 2 is 2.00 bits per heavy atom. The van der Waals surface area contributed by atoms with E-state index < -0.39 is 42.6 Å². The Balaban J connectivity index is 2.28. The molecule has 4 atom stereocenters. The van der Waals surface area contributed by atoms with Crippen LogP contribution in [-0.4, -0.2) is 64.6 Å². The molecule has 2 aliphatic heterocycles. The van der Waals surface area contributed by atoms with Crippen molar-refractivity contribution in [3.05, 3.63) is 0 Å². The number of aliphatic carboxylic acids is 1. The summed E-state index contributed by atoms with van der Waals surface area (Å²) in [6.07, 6.45) is -4.67. The second-order valence-electron chi connectivity index (χ2n) is 3.66. The number of carboxylic acid groups (broad SMARTS) is 2. The summed E-state index contributed by atoms with van der Waals surface area (Å²) in [5.41, 5.74) is -2.09. The molecule has 2 saturated heterocycles. The molecule has 0 aromatic carbocycles. The zero-order valence-electron chi connectivity index (χ0n) is 8.03. The van der Waals surface area contributed by atoms with Gasteiger partial charge in [0.1, 0.15) is 24.9 Å². The van der Waals surface area contributed by atoms with E-state index in [1.165, 1.54) is 0 Å². The lowest BCUT2D eigenvalue weighted by atomic mass is 9.96. The molecule has 8 nitrogen and oxygen atoms in total. The zero-order chi connectivity index (χ0) is 11.9. The Labute approximate surface area is 89.3 Å². The molecule has 16 heavy (non-hydrogen) atoms. The lowest BCUT2D eigenvalue weighted by Crippen LogP contribution is -2.53. The van der Waals surface area contributed by atoms with E-state index in [9.17, 15) is 14.7 Å². The molecular weight excluding hydrogens is 224 g/mol. The highest BCUT2D eigenvalue weighted by atomic mass is 16.7. The molecule has 0 saturated carbocycles. The van der Waals surface area contributed by atoms with Gasteiger partial charge in [0.15, 0.2) is 0 Å². The number of carboxylic acids is 1. The third-order valence-electron chi connectivity index (χ3n) is 2.71. The van der Waals surface area contributed by atoms with Gasteiger partial charge in [0.05, 0.1) is 6.61 Å². The van der Waals surface area contributed by atoms with Crippen LogP contribution in [0.4, 0.5) is 4.79 Å². The molecule has 2 fully saturated rings. The van der Waals surface area contributed by atoms with Gasteiger partial charge in [-0.1, -0.05) is 0 Å². The van der Waals surface area contributed by atoms with E-state index in [1.807, 2.05) is 0 Å². The molecule has 90 valence electrons. The van der Waals surface area contributed by atoms with Gasteiger partial charge in [-0.3, -0.25) is 0 Å². The Hall–Kier alpha value is -1.38. The first-order valence-corrected chi connectivity index (χ1v) is 4.54. The van der Waals surface area contributed by atoms with Gasteiger partial charge in [-0.15, -0.1) is 0 Å². The van der Waals surface area contributed by atoms with Crippen molar-refractivity contribution >= 4 is 12.1 Å². The number of carbonyl (C=O) groups is 2. The number of aliphatic hydroxyl groups is 1. The second kappa shape index (κ2) is 3.58. The van der Waals surface area contributed by atoms with Crippen molar-refractivity contribution in [2.24, 2.45) is 0 Å². The summed E-state index contributed by atoms with van der Waals surface area (Å²) in [6.45, 7) is -0.575. The molecule has 0 spiro atoms. The number of hydrogen-bond acceptors (Lipinski definition) is 6. The number of ether oxygens (including phenoxy) is 3. The zero-order valence-corrected chi connectivity index (χ0v) is 8.03. The van der Waals surface area contributed by atoms with Crippen LogP contribution in [0.2, 0.25) is 0 Å². The van der Waals surface area contributed by atoms with Gasteiger partial charge < -0.3 is 29.5 Å². The van der Waals surface area contributed by atoms with E-state index in [0.717, 1.165) is 0 Å². The molecule has 0 aromatic heterocycles. The average molecular weight is 234 g/mol. The predicted molar refractivity (Wildman–Crippen MR) is 45.0 cm³/mol. The molecule has 2 rings (SSSR count). The minimum atomic E-state index is -2.09. The first kappa shape index (κ1) is 11.1. The van der Waals surface area contributed by atoms with Gasteiger partial charge in [-0.25, -0.2) is 9.59 Å². The monoisotopic (exact) mass is 234 g/mol. The molecule has 2 aliphatic rings. The van der Waals surface area contributed by atoms with Gasteiger partial charge in [0.25, 0.3) is 5.60 Å². The van der Waals surface area contributed by atoms with Crippen molar-refractivity contribution in [1.82, 2.24) is 0 Å². The van der Waals surface area contributed by atoms with E-state index in [-0.39, 0.29) is 6.61 Å². The van der Waals surface area contributed by atoms with E-state index in [4.69, 9.17) is 19.7 Å². The fourth-order valence-electron chi connectivity index (χ4n) is 1.96. The van der Waals surface area contributed by atoms with Crippen LogP contribution in [0.1, 0.15) is 0 Å². The van der Waals surface area contributed by atoms with Crippen LogP contribution in [0.5, 0.6) is 0 Å². The average Bonchev–Trinajstić information content (AvgIpc) is 2.69. The second-order valence-corrected chi connectivity index (χ2v) is 3.66. The van der Waals surface area contributed by atoms with Crippen molar-refractivity contribution < 1.29 is 39.1 Å². The summed E-state index contributed by atoms with van der Waals surface area (Å²) in [5.74, 6) is -1.49. The maximum atomic E-state index is 11.1. The van der Waals surface area contributed by atoms with Gasteiger partial charge in [0.2, 0.25) is 0 Å². The lowest BCUT2D eigenvalue weighted by molar-refractivity contribution is -0.171. The van der Waals surface area contributed by atoms with Crippen LogP contribution in [0.15, 0.2) is 0 Å². The Morgan fingerprint density at radius 3 is 2.56 bits per heavy atom. The fourth-order valence-corrected chi connectivity index (χ4v) is 1.96. The molecule has 3 N–H and O–H groups in total. The molecule has 8 heteroatoms. The lowest BCUT2D eigenvalue weighted by Gasteiger charge is -2.25. The molecule has 0 amide bonds. The van der Waals surface area contributed by atoms with Crippen molar-refractivity contribution in [1.29, 1.82) is 0 Å². The van der Waals surface area contributed by atoms with Crippen molar-refractivity contribution in [3.8, 4) is 0 Å². The Morgan fingerprint density at radius 1 is 1.31 bits per heavy atom.